The molecule has 1 aliphatic rings. The van der Waals surface area contributed by atoms with E-state index in [1.165, 1.54) is 10.9 Å². The molecule has 12 heteroatoms. The van der Waals surface area contributed by atoms with E-state index < -0.39 is 41.5 Å². The zero-order valence-corrected chi connectivity index (χ0v) is 16.8. The van der Waals surface area contributed by atoms with Crippen molar-refractivity contribution in [3.8, 4) is 11.8 Å². The van der Waals surface area contributed by atoms with Crippen molar-refractivity contribution >= 4 is 27.2 Å². The predicted molar refractivity (Wildman–Crippen MR) is 109 cm³/mol. The Bertz CT molecular complexity index is 1270. The lowest BCUT2D eigenvalue weighted by atomic mass is 10.1. The van der Waals surface area contributed by atoms with Crippen LogP contribution in [0.25, 0.3) is 11.0 Å². The molecule has 0 saturated carbocycles. The highest BCUT2D eigenvalue weighted by Gasteiger charge is 2.45. The number of aliphatic hydroxyl groups is 2. The molecule has 3 aromatic rings. The lowest BCUT2D eigenvalue weighted by Crippen LogP contribution is -2.35. The monoisotopic (exact) mass is 445 g/mol. The third kappa shape index (κ3) is 4.37. The Morgan fingerprint density at radius 3 is 2.61 bits per heavy atom. The van der Waals surface area contributed by atoms with Gasteiger partial charge in [0, 0.05) is 11.8 Å². The maximum Gasteiger partial charge on any atom is 0.333 e. The normalized spacial score (nSPS) is 23.6. The van der Waals surface area contributed by atoms with Crippen molar-refractivity contribution in [1.29, 1.82) is 0 Å². The minimum atomic E-state index is -4.24. The molecule has 3 heterocycles. The summed E-state index contributed by atoms with van der Waals surface area (Å²) in [6, 6.07) is 9.30. The van der Waals surface area contributed by atoms with Crippen LogP contribution in [-0.4, -0.2) is 58.1 Å². The first-order valence-corrected chi connectivity index (χ1v) is 10.6. The molecule has 1 aliphatic heterocycles. The van der Waals surface area contributed by atoms with Crippen LogP contribution >= 0.6 is 0 Å². The van der Waals surface area contributed by atoms with Crippen LogP contribution in [0.3, 0.4) is 0 Å². The van der Waals surface area contributed by atoms with Gasteiger partial charge in [-0.05, 0) is 12.1 Å². The largest absolute Gasteiger partial charge is 0.387 e. The van der Waals surface area contributed by atoms with Crippen molar-refractivity contribution in [3.05, 3.63) is 54.0 Å². The van der Waals surface area contributed by atoms with Gasteiger partial charge in [-0.3, -0.25) is 4.18 Å². The number of rotatable bonds is 4. The molecule has 6 N–H and O–H groups in total. The summed E-state index contributed by atoms with van der Waals surface area (Å²) in [6.07, 6.45) is -2.25. The van der Waals surface area contributed by atoms with Gasteiger partial charge in [0.25, 0.3) is 0 Å². The molecule has 11 nitrogen and oxygen atoms in total. The van der Waals surface area contributed by atoms with Crippen molar-refractivity contribution in [2.24, 2.45) is 5.14 Å². The van der Waals surface area contributed by atoms with Gasteiger partial charge in [0.05, 0.1) is 17.6 Å². The summed E-state index contributed by atoms with van der Waals surface area (Å²) in [6.45, 7) is -0.565. The highest BCUT2D eigenvalue weighted by atomic mass is 32.2. The molecular formula is C19H19N5O6S. The summed E-state index contributed by atoms with van der Waals surface area (Å²) in [7, 11) is -4.24. The SMILES string of the molecule is Nc1ncnc2c1c(C#Cc1ccccc1)cn2[C@@H]1O[C@H](COS(N)(=O)=O)[C@@H](O)[C@H]1O. The highest BCUT2D eigenvalue weighted by molar-refractivity contribution is 7.84. The third-order valence-electron chi connectivity index (χ3n) is 4.76. The summed E-state index contributed by atoms with van der Waals surface area (Å²) >= 11 is 0. The van der Waals surface area contributed by atoms with Gasteiger partial charge in [0.15, 0.2) is 6.23 Å². The molecule has 2 aromatic heterocycles. The van der Waals surface area contributed by atoms with E-state index in [2.05, 4.69) is 26.0 Å². The number of nitrogens with two attached hydrogens (primary N) is 2. The fourth-order valence-electron chi connectivity index (χ4n) is 3.32. The lowest BCUT2D eigenvalue weighted by molar-refractivity contribution is -0.0464. The van der Waals surface area contributed by atoms with Gasteiger partial charge in [-0.2, -0.15) is 8.42 Å². The summed E-state index contributed by atoms with van der Waals surface area (Å²) < 4.78 is 33.7. The van der Waals surface area contributed by atoms with E-state index in [1.54, 1.807) is 6.20 Å². The zero-order valence-electron chi connectivity index (χ0n) is 16.0. The Labute approximate surface area is 177 Å². The van der Waals surface area contributed by atoms with E-state index in [4.69, 9.17) is 15.6 Å². The second kappa shape index (κ2) is 8.23. The smallest absolute Gasteiger partial charge is 0.333 e. The summed E-state index contributed by atoms with van der Waals surface area (Å²) in [5.74, 6) is 6.23. The van der Waals surface area contributed by atoms with Crippen LogP contribution in [0.15, 0.2) is 42.9 Å². The molecule has 0 bridgehead atoms. The van der Waals surface area contributed by atoms with Crippen LogP contribution < -0.4 is 10.9 Å². The van der Waals surface area contributed by atoms with E-state index in [9.17, 15) is 18.6 Å². The molecule has 0 unspecified atom stereocenters. The van der Waals surface area contributed by atoms with Gasteiger partial charge >= 0.3 is 10.3 Å². The van der Waals surface area contributed by atoms with Gasteiger partial charge in [0.2, 0.25) is 0 Å². The number of hydrogen-bond donors (Lipinski definition) is 4. The number of anilines is 1. The Hall–Kier alpha value is -3.05. The molecule has 0 aliphatic carbocycles. The van der Waals surface area contributed by atoms with E-state index in [-0.39, 0.29) is 5.82 Å². The highest BCUT2D eigenvalue weighted by Crippen LogP contribution is 2.34. The number of aliphatic hydroxyl groups excluding tert-OH is 2. The quantitative estimate of drug-likeness (QED) is 0.376. The van der Waals surface area contributed by atoms with Gasteiger partial charge in [-0.15, -0.1) is 0 Å². The Kier molecular flexibility index (Phi) is 5.63. The number of nitrogen functional groups attached to an aromatic ring is 1. The first kappa shape index (κ1) is 21.2. The summed E-state index contributed by atoms with van der Waals surface area (Å²) in [5, 5.41) is 26.1. The van der Waals surface area contributed by atoms with E-state index in [0.29, 0.717) is 16.6 Å². The van der Waals surface area contributed by atoms with Crippen molar-refractivity contribution < 1.29 is 27.6 Å². The molecule has 1 fully saturated rings. The molecule has 0 amide bonds. The van der Waals surface area contributed by atoms with Gasteiger partial charge < -0.3 is 25.3 Å². The Balaban J connectivity index is 1.72. The number of nitrogens with zero attached hydrogens (tertiary/aromatic N) is 3. The van der Waals surface area contributed by atoms with Crippen molar-refractivity contribution in [2.45, 2.75) is 24.5 Å². The van der Waals surface area contributed by atoms with Crippen molar-refractivity contribution in [2.75, 3.05) is 12.3 Å². The average Bonchev–Trinajstić information content (AvgIpc) is 3.24. The van der Waals surface area contributed by atoms with Crippen molar-refractivity contribution in [3.63, 3.8) is 0 Å². The van der Waals surface area contributed by atoms with E-state index in [1.807, 2.05) is 30.3 Å². The minimum absolute atomic E-state index is 0.184. The van der Waals surface area contributed by atoms with Crippen LogP contribution in [0.5, 0.6) is 0 Å². The first-order valence-electron chi connectivity index (χ1n) is 9.11. The van der Waals surface area contributed by atoms with Crippen LogP contribution in [0.1, 0.15) is 17.4 Å². The number of fused-ring (bicyclic) bond motifs is 1. The lowest BCUT2D eigenvalue weighted by Gasteiger charge is -2.17. The molecule has 4 rings (SSSR count). The molecular weight excluding hydrogens is 426 g/mol. The molecule has 0 radical (unpaired) electrons. The third-order valence-corrected chi connectivity index (χ3v) is 5.23. The first-order chi connectivity index (χ1) is 14.7. The molecule has 1 aromatic carbocycles. The Morgan fingerprint density at radius 1 is 1.16 bits per heavy atom. The van der Waals surface area contributed by atoms with Crippen LogP contribution in [0, 0.1) is 11.8 Å². The fraction of sp³-hybridized carbons (Fsp3) is 0.263. The molecule has 0 spiro atoms. The van der Waals surface area contributed by atoms with Gasteiger partial charge in [-0.25, -0.2) is 15.1 Å². The molecule has 1 saturated heterocycles. The zero-order chi connectivity index (χ0) is 22.2. The maximum atomic E-state index is 11.0. The molecule has 4 atom stereocenters. The minimum Gasteiger partial charge on any atom is -0.387 e. The summed E-state index contributed by atoms with van der Waals surface area (Å²) in [4.78, 5) is 8.22. The topological polar surface area (TPSA) is 176 Å². The number of benzene rings is 1. The maximum absolute atomic E-state index is 11.0. The number of ether oxygens (including phenoxy) is 1. The van der Waals surface area contributed by atoms with Crippen LogP contribution in [0.2, 0.25) is 0 Å². The van der Waals surface area contributed by atoms with Crippen LogP contribution in [-0.2, 0) is 19.2 Å². The van der Waals surface area contributed by atoms with Crippen molar-refractivity contribution in [1.82, 2.24) is 14.5 Å². The second-order valence-corrected chi connectivity index (χ2v) is 8.07. The fourth-order valence-corrected chi connectivity index (χ4v) is 3.64. The molecule has 31 heavy (non-hydrogen) atoms. The molecule has 162 valence electrons. The van der Waals surface area contributed by atoms with Gasteiger partial charge in [0.1, 0.15) is 36.1 Å². The second-order valence-electron chi connectivity index (χ2n) is 6.85. The Morgan fingerprint density at radius 2 is 1.90 bits per heavy atom. The average molecular weight is 445 g/mol. The number of hydrogen-bond acceptors (Lipinski definition) is 9. The van der Waals surface area contributed by atoms with E-state index >= 15 is 0 Å². The van der Waals surface area contributed by atoms with E-state index in [0.717, 1.165) is 5.56 Å². The summed E-state index contributed by atoms with van der Waals surface area (Å²) in [5.41, 5.74) is 7.64. The number of aromatic nitrogens is 3. The van der Waals surface area contributed by atoms with Crippen LogP contribution in [0.4, 0.5) is 5.82 Å². The van der Waals surface area contributed by atoms with Gasteiger partial charge in [-0.1, -0.05) is 30.0 Å². The predicted octanol–water partition coefficient (Wildman–Crippen LogP) is -0.747. The standard InChI is InChI=1S/C19H19N5O6S/c20-17-14-12(7-6-11-4-2-1-3-5-11)8-24(18(14)23-10-22-17)19-16(26)15(25)13(30-19)9-29-31(21,27)28/h1-5,8,10,13,15-16,19,25-26H,9H2,(H2,20,22,23)(H2,21,27,28)/t13-,15-,16-,19-/m1/s1.